The molecule has 2 rings (SSSR count). The van der Waals surface area contributed by atoms with Gasteiger partial charge in [-0.2, -0.15) is 0 Å². The molecular formula is C14H24N2O3. The molecule has 1 N–H and O–H groups in total. The quantitative estimate of drug-likeness (QED) is 0.850. The van der Waals surface area contributed by atoms with Gasteiger partial charge in [0.05, 0.1) is 0 Å². The average molecular weight is 268 g/mol. The number of amides is 2. The zero-order valence-electron chi connectivity index (χ0n) is 11.7. The Morgan fingerprint density at radius 1 is 1.26 bits per heavy atom. The van der Waals surface area contributed by atoms with E-state index in [1.54, 1.807) is 11.9 Å². The molecule has 0 radical (unpaired) electrons. The minimum Gasteiger partial charge on any atom is -0.481 e. The first-order chi connectivity index (χ1) is 9.09. The second kappa shape index (κ2) is 6.26. The van der Waals surface area contributed by atoms with Crippen LogP contribution in [0.4, 0.5) is 4.79 Å². The van der Waals surface area contributed by atoms with Crippen molar-refractivity contribution in [2.45, 2.75) is 51.0 Å². The highest BCUT2D eigenvalue weighted by Gasteiger charge is 2.38. The molecule has 2 unspecified atom stereocenters. The standard InChI is InChI=1S/C14H24N2O3/c1-15(9-4-8-13(17)18)14(19)16-10-3-6-11-5-2-7-12(11)16/h11-12H,2-10H2,1H3,(H,17,18). The molecule has 1 heterocycles. The fourth-order valence-electron chi connectivity index (χ4n) is 3.47. The lowest BCUT2D eigenvalue weighted by Crippen LogP contribution is -2.51. The number of likely N-dealkylation sites (tertiary alicyclic amines) is 1. The normalized spacial score (nSPS) is 26.1. The van der Waals surface area contributed by atoms with Crippen molar-refractivity contribution in [2.24, 2.45) is 5.92 Å². The number of carboxylic acids is 1. The Morgan fingerprint density at radius 2 is 2.00 bits per heavy atom. The Balaban J connectivity index is 1.85. The van der Waals surface area contributed by atoms with Crippen LogP contribution in [0.3, 0.4) is 0 Å². The van der Waals surface area contributed by atoms with Crippen LogP contribution in [-0.4, -0.2) is 53.1 Å². The smallest absolute Gasteiger partial charge is 0.319 e. The van der Waals surface area contributed by atoms with E-state index in [1.165, 1.54) is 19.3 Å². The van der Waals surface area contributed by atoms with E-state index in [0.717, 1.165) is 19.4 Å². The summed E-state index contributed by atoms with van der Waals surface area (Å²) >= 11 is 0. The van der Waals surface area contributed by atoms with Crippen molar-refractivity contribution < 1.29 is 14.7 Å². The SMILES string of the molecule is CN(CCCC(=O)O)C(=O)N1CCCC2CCCC21. The topological polar surface area (TPSA) is 60.9 Å². The van der Waals surface area contributed by atoms with E-state index in [-0.39, 0.29) is 12.5 Å². The molecule has 1 saturated heterocycles. The van der Waals surface area contributed by atoms with Crippen LogP contribution in [0.25, 0.3) is 0 Å². The van der Waals surface area contributed by atoms with Gasteiger partial charge in [0.1, 0.15) is 0 Å². The second-order valence-corrected chi connectivity index (χ2v) is 5.80. The largest absolute Gasteiger partial charge is 0.481 e. The van der Waals surface area contributed by atoms with Crippen LogP contribution < -0.4 is 0 Å². The average Bonchev–Trinajstić information content (AvgIpc) is 2.85. The third-order valence-corrected chi connectivity index (χ3v) is 4.45. The molecule has 2 amide bonds. The molecule has 2 atom stereocenters. The van der Waals surface area contributed by atoms with Crippen molar-refractivity contribution in [3.8, 4) is 0 Å². The lowest BCUT2D eigenvalue weighted by Gasteiger charge is -2.39. The minimum atomic E-state index is -0.797. The molecule has 0 spiro atoms. The van der Waals surface area contributed by atoms with Gasteiger partial charge in [-0.3, -0.25) is 4.79 Å². The highest BCUT2D eigenvalue weighted by molar-refractivity contribution is 5.75. The van der Waals surface area contributed by atoms with Gasteiger partial charge in [0.25, 0.3) is 0 Å². The Bertz CT molecular complexity index is 346. The number of fused-ring (bicyclic) bond motifs is 1. The fourth-order valence-corrected chi connectivity index (χ4v) is 3.47. The highest BCUT2D eigenvalue weighted by Crippen LogP contribution is 2.37. The van der Waals surface area contributed by atoms with E-state index < -0.39 is 5.97 Å². The summed E-state index contributed by atoms with van der Waals surface area (Å²) < 4.78 is 0. The molecule has 0 bridgehead atoms. The van der Waals surface area contributed by atoms with E-state index in [0.29, 0.717) is 24.9 Å². The molecule has 5 heteroatoms. The lowest BCUT2D eigenvalue weighted by molar-refractivity contribution is -0.137. The number of aliphatic carboxylic acids is 1. The number of carbonyl (C=O) groups is 2. The van der Waals surface area contributed by atoms with Crippen molar-refractivity contribution in [3.05, 3.63) is 0 Å². The van der Waals surface area contributed by atoms with E-state index >= 15 is 0 Å². The minimum absolute atomic E-state index is 0.0852. The predicted octanol–water partition coefficient (Wildman–Crippen LogP) is 2.17. The molecule has 2 aliphatic rings. The first-order valence-electron chi connectivity index (χ1n) is 7.33. The van der Waals surface area contributed by atoms with Crippen molar-refractivity contribution in [1.29, 1.82) is 0 Å². The first kappa shape index (κ1) is 14.2. The molecule has 0 aromatic carbocycles. The third-order valence-electron chi connectivity index (χ3n) is 4.45. The molecule has 2 fully saturated rings. The number of hydrogen-bond acceptors (Lipinski definition) is 2. The van der Waals surface area contributed by atoms with Crippen molar-refractivity contribution in [3.63, 3.8) is 0 Å². The van der Waals surface area contributed by atoms with E-state index in [4.69, 9.17) is 5.11 Å². The van der Waals surface area contributed by atoms with Gasteiger partial charge < -0.3 is 14.9 Å². The van der Waals surface area contributed by atoms with Crippen LogP contribution in [0, 0.1) is 5.92 Å². The van der Waals surface area contributed by atoms with Crippen molar-refractivity contribution in [2.75, 3.05) is 20.1 Å². The number of hydrogen-bond donors (Lipinski definition) is 1. The Morgan fingerprint density at radius 3 is 2.74 bits per heavy atom. The lowest BCUT2D eigenvalue weighted by atomic mass is 9.92. The van der Waals surface area contributed by atoms with Crippen LogP contribution in [0.5, 0.6) is 0 Å². The number of rotatable bonds is 4. The van der Waals surface area contributed by atoms with E-state index in [2.05, 4.69) is 0 Å². The van der Waals surface area contributed by atoms with Crippen LogP contribution in [-0.2, 0) is 4.79 Å². The first-order valence-corrected chi connectivity index (χ1v) is 7.33. The molecule has 1 aliphatic carbocycles. The molecule has 5 nitrogen and oxygen atoms in total. The van der Waals surface area contributed by atoms with Crippen LogP contribution in [0.15, 0.2) is 0 Å². The Labute approximate surface area is 114 Å². The Hall–Kier alpha value is -1.26. The summed E-state index contributed by atoms with van der Waals surface area (Å²) in [4.78, 5) is 26.6. The van der Waals surface area contributed by atoms with E-state index in [1.807, 2.05) is 4.90 Å². The van der Waals surface area contributed by atoms with Crippen molar-refractivity contribution >= 4 is 12.0 Å². The number of carbonyl (C=O) groups excluding carboxylic acids is 1. The van der Waals surface area contributed by atoms with Crippen molar-refractivity contribution in [1.82, 2.24) is 9.80 Å². The Kier molecular flexibility index (Phi) is 4.66. The summed E-state index contributed by atoms with van der Waals surface area (Å²) in [5.74, 6) is -0.0974. The van der Waals surface area contributed by atoms with Gasteiger partial charge in [-0.1, -0.05) is 6.42 Å². The zero-order valence-corrected chi connectivity index (χ0v) is 11.7. The highest BCUT2D eigenvalue weighted by atomic mass is 16.4. The fraction of sp³-hybridized carbons (Fsp3) is 0.857. The summed E-state index contributed by atoms with van der Waals surface area (Å²) in [6.07, 6.45) is 6.66. The maximum absolute atomic E-state index is 12.4. The molecule has 19 heavy (non-hydrogen) atoms. The molecule has 0 aromatic heterocycles. The molecule has 0 aromatic rings. The monoisotopic (exact) mass is 268 g/mol. The maximum atomic E-state index is 12.4. The number of nitrogens with zero attached hydrogens (tertiary/aromatic N) is 2. The summed E-state index contributed by atoms with van der Waals surface area (Å²) in [7, 11) is 1.78. The molecule has 1 aliphatic heterocycles. The van der Waals surface area contributed by atoms with Gasteiger partial charge in [0.15, 0.2) is 0 Å². The second-order valence-electron chi connectivity index (χ2n) is 5.80. The van der Waals surface area contributed by atoms with Crippen LogP contribution >= 0.6 is 0 Å². The number of urea groups is 1. The van der Waals surface area contributed by atoms with Crippen LogP contribution in [0.1, 0.15) is 44.9 Å². The third kappa shape index (κ3) is 3.39. The molecule has 108 valence electrons. The van der Waals surface area contributed by atoms with Gasteiger partial charge in [0, 0.05) is 32.6 Å². The number of carboxylic acid groups (broad SMARTS) is 1. The maximum Gasteiger partial charge on any atom is 0.319 e. The predicted molar refractivity (Wildman–Crippen MR) is 72.0 cm³/mol. The zero-order chi connectivity index (χ0) is 13.8. The van der Waals surface area contributed by atoms with Gasteiger partial charge in [-0.25, -0.2) is 4.79 Å². The summed E-state index contributed by atoms with van der Waals surface area (Å²) in [5, 5.41) is 8.62. The molecular weight excluding hydrogens is 244 g/mol. The van der Waals surface area contributed by atoms with Gasteiger partial charge in [0.2, 0.25) is 0 Å². The number of piperidine rings is 1. The summed E-state index contributed by atoms with van der Waals surface area (Å²) in [6, 6.07) is 0.519. The van der Waals surface area contributed by atoms with Gasteiger partial charge in [-0.05, 0) is 38.0 Å². The van der Waals surface area contributed by atoms with E-state index in [9.17, 15) is 9.59 Å². The van der Waals surface area contributed by atoms with Gasteiger partial charge >= 0.3 is 12.0 Å². The summed E-state index contributed by atoms with van der Waals surface area (Å²) in [6.45, 7) is 1.39. The van der Waals surface area contributed by atoms with Crippen LogP contribution in [0.2, 0.25) is 0 Å². The van der Waals surface area contributed by atoms with Gasteiger partial charge in [-0.15, -0.1) is 0 Å². The summed E-state index contributed by atoms with van der Waals surface area (Å²) in [5.41, 5.74) is 0. The molecule has 1 saturated carbocycles.